The molecule has 0 bridgehead atoms. The molecule has 1 atom stereocenters. The number of hydrogen-bond acceptors (Lipinski definition) is 4. The number of nitrogens with two attached hydrogens (primary N) is 1. The minimum Gasteiger partial charge on any atom is -0.487 e. The molecule has 1 aromatic carbocycles. The Morgan fingerprint density at radius 1 is 1.26 bits per heavy atom. The lowest BCUT2D eigenvalue weighted by atomic mass is 9.90. The van der Waals surface area contributed by atoms with Gasteiger partial charge in [0.15, 0.2) is 5.96 Å². The van der Waals surface area contributed by atoms with Crippen LogP contribution in [0.25, 0.3) is 0 Å². The summed E-state index contributed by atoms with van der Waals surface area (Å²) >= 11 is 0. The highest BCUT2D eigenvalue weighted by atomic mass is 127. The van der Waals surface area contributed by atoms with E-state index in [1.807, 2.05) is 19.2 Å². The second-order valence-corrected chi connectivity index (χ2v) is 9.03. The number of rotatable bonds is 7. The number of primary amides is 1. The van der Waals surface area contributed by atoms with Gasteiger partial charge in [-0.25, -0.2) is 0 Å². The maximum atomic E-state index is 11.3. The van der Waals surface area contributed by atoms with Crippen LogP contribution in [-0.4, -0.2) is 55.6 Å². The summed E-state index contributed by atoms with van der Waals surface area (Å²) in [6.07, 6.45) is 4.87. The van der Waals surface area contributed by atoms with Crippen LogP contribution in [0.4, 0.5) is 0 Å². The lowest BCUT2D eigenvalue weighted by Crippen LogP contribution is -2.45. The number of likely N-dealkylation sites (tertiary alicyclic amines) is 1. The molecule has 2 aliphatic heterocycles. The van der Waals surface area contributed by atoms with Crippen molar-refractivity contribution in [2.75, 3.05) is 33.2 Å². The van der Waals surface area contributed by atoms with Crippen molar-refractivity contribution in [1.82, 2.24) is 15.5 Å². The van der Waals surface area contributed by atoms with Gasteiger partial charge in [-0.3, -0.25) is 9.79 Å². The number of benzene rings is 1. The van der Waals surface area contributed by atoms with Crippen LogP contribution in [-0.2, 0) is 4.79 Å². The van der Waals surface area contributed by atoms with Gasteiger partial charge >= 0.3 is 0 Å². The molecule has 1 amide bonds. The summed E-state index contributed by atoms with van der Waals surface area (Å²) in [7, 11) is 1.81. The van der Waals surface area contributed by atoms with Crippen LogP contribution in [0.2, 0.25) is 0 Å². The van der Waals surface area contributed by atoms with Gasteiger partial charge < -0.3 is 26.0 Å². The lowest BCUT2D eigenvalue weighted by Gasteiger charge is -2.38. The van der Waals surface area contributed by atoms with Crippen LogP contribution in [0.5, 0.6) is 5.75 Å². The summed E-state index contributed by atoms with van der Waals surface area (Å²) in [6.45, 7) is 8.15. The number of aliphatic imine (C=N–C) groups is 1. The first-order chi connectivity index (χ1) is 14.4. The van der Waals surface area contributed by atoms with Gasteiger partial charge in [-0.05, 0) is 65.2 Å². The van der Waals surface area contributed by atoms with Crippen molar-refractivity contribution >= 4 is 35.8 Å². The number of carbonyl (C=O) groups excluding carboxylic acids is 1. The second kappa shape index (κ2) is 11.9. The van der Waals surface area contributed by atoms with E-state index in [-0.39, 0.29) is 47.4 Å². The smallest absolute Gasteiger partial charge is 0.220 e. The fourth-order valence-corrected chi connectivity index (χ4v) is 4.40. The largest absolute Gasteiger partial charge is 0.487 e. The van der Waals surface area contributed by atoms with Crippen LogP contribution >= 0.6 is 24.0 Å². The zero-order chi connectivity index (χ0) is 21.6. The molecule has 1 unspecified atom stereocenters. The van der Waals surface area contributed by atoms with Crippen LogP contribution in [0.3, 0.4) is 0 Å². The van der Waals surface area contributed by atoms with Crippen molar-refractivity contribution in [2.45, 2.75) is 57.6 Å². The zero-order valence-corrected chi connectivity index (χ0v) is 21.4. The number of nitrogens with zero attached hydrogens (tertiary/aromatic N) is 2. The van der Waals surface area contributed by atoms with Gasteiger partial charge in [0.1, 0.15) is 11.4 Å². The van der Waals surface area contributed by atoms with Crippen molar-refractivity contribution in [1.29, 1.82) is 0 Å². The van der Waals surface area contributed by atoms with Crippen molar-refractivity contribution in [3.05, 3.63) is 29.8 Å². The molecule has 0 saturated carbocycles. The van der Waals surface area contributed by atoms with E-state index >= 15 is 0 Å². The van der Waals surface area contributed by atoms with Crippen LogP contribution in [0.1, 0.15) is 57.6 Å². The Bertz CT molecular complexity index is 747. The monoisotopic (exact) mass is 543 g/mol. The van der Waals surface area contributed by atoms with Gasteiger partial charge in [0, 0.05) is 31.5 Å². The van der Waals surface area contributed by atoms with Crippen molar-refractivity contribution in [3.63, 3.8) is 0 Å². The molecule has 0 radical (unpaired) electrons. The van der Waals surface area contributed by atoms with E-state index in [4.69, 9.17) is 10.5 Å². The Morgan fingerprint density at radius 3 is 2.65 bits per heavy atom. The highest BCUT2D eigenvalue weighted by Crippen LogP contribution is 2.39. The number of unbranched alkanes of at least 4 members (excludes halogenated alkanes) is 1. The number of fused-ring (bicyclic) bond motifs is 1. The standard InChI is InChI=1S/C23H37N5O2.HI/c1-23(2)16-19(18-8-4-5-9-20(18)30-23)27-22(25-3)26-12-6-7-13-28-14-10-17(11-15-28)21(24)29;/h4-5,8-9,17,19H,6-7,10-16H2,1-3H3,(H2,24,29)(H2,25,26,27);1H. The molecule has 31 heavy (non-hydrogen) atoms. The Morgan fingerprint density at radius 2 is 1.97 bits per heavy atom. The molecule has 1 saturated heterocycles. The number of piperidine rings is 1. The van der Waals surface area contributed by atoms with Gasteiger partial charge in [0.25, 0.3) is 0 Å². The SMILES string of the molecule is CN=C(NCCCCN1CCC(C(N)=O)CC1)NC1CC(C)(C)Oc2ccccc21.I. The molecule has 7 nitrogen and oxygen atoms in total. The molecule has 1 fully saturated rings. The van der Waals surface area contributed by atoms with E-state index in [1.54, 1.807) is 0 Å². The molecule has 3 rings (SSSR count). The summed E-state index contributed by atoms with van der Waals surface area (Å²) < 4.78 is 6.12. The van der Waals surface area contributed by atoms with E-state index in [0.717, 1.165) is 70.0 Å². The molecule has 4 N–H and O–H groups in total. The van der Waals surface area contributed by atoms with E-state index in [2.05, 4.69) is 46.5 Å². The van der Waals surface area contributed by atoms with Gasteiger partial charge in [-0.2, -0.15) is 0 Å². The minimum absolute atomic E-state index is 0. The molecular weight excluding hydrogens is 505 g/mol. The van der Waals surface area contributed by atoms with Crippen molar-refractivity contribution in [2.24, 2.45) is 16.6 Å². The number of nitrogens with one attached hydrogen (secondary N) is 2. The molecule has 174 valence electrons. The minimum atomic E-state index is -0.215. The predicted molar refractivity (Wildman–Crippen MR) is 136 cm³/mol. The Hall–Kier alpha value is -1.55. The number of ether oxygens (including phenoxy) is 1. The van der Waals surface area contributed by atoms with E-state index < -0.39 is 0 Å². The molecule has 2 aliphatic rings. The number of amides is 1. The summed E-state index contributed by atoms with van der Waals surface area (Å²) in [5.41, 5.74) is 6.38. The summed E-state index contributed by atoms with van der Waals surface area (Å²) in [4.78, 5) is 18.1. The van der Waals surface area contributed by atoms with E-state index in [9.17, 15) is 4.79 Å². The van der Waals surface area contributed by atoms with Crippen molar-refractivity contribution < 1.29 is 9.53 Å². The van der Waals surface area contributed by atoms with E-state index in [1.165, 1.54) is 5.56 Å². The molecule has 0 aromatic heterocycles. The number of para-hydroxylation sites is 1. The number of carbonyl (C=O) groups is 1. The fourth-order valence-electron chi connectivity index (χ4n) is 4.40. The molecule has 8 heteroatoms. The Kier molecular flexibility index (Phi) is 9.87. The first kappa shape index (κ1) is 25.7. The van der Waals surface area contributed by atoms with Gasteiger partial charge in [-0.1, -0.05) is 18.2 Å². The fraction of sp³-hybridized carbons (Fsp3) is 0.652. The lowest BCUT2D eigenvalue weighted by molar-refractivity contribution is -0.123. The highest BCUT2D eigenvalue weighted by Gasteiger charge is 2.33. The molecule has 2 heterocycles. The number of guanidine groups is 1. The van der Waals surface area contributed by atoms with E-state index in [0.29, 0.717) is 0 Å². The molecule has 1 aromatic rings. The maximum Gasteiger partial charge on any atom is 0.220 e. The first-order valence-electron chi connectivity index (χ1n) is 11.1. The topological polar surface area (TPSA) is 92.0 Å². The number of hydrogen-bond donors (Lipinski definition) is 3. The maximum absolute atomic E-state index is 11.3. The summed E-state index contributed by atoms with van der Waals surface area (Å²) in [5.74, 6) is 1.70. The van der Waals surface area contributed by atoms with Crippen molar-refractivity contribution in [3.8, 4) is 5.75 Å². The summed E-state index contributed by atoms with van der Waals surface area (Å²) in [5, 5.41) is 7.03. The quantitative estimate of drug-likeness (QED) is 0.213. The molecule has 0 aliphatic carbocycles. The second-order valence-electron chi connectivity index (χ2n) is 9.03. The van der Waals surface area contributed by atoms with Crippen LogP contribution in [0, 0.1) is 5.92 Å². The average molecular weight is 543 g/mol. The molecular formula is C23H38IN5O2. The van der Waals surface area contributed by atoms with Crippen LogP contribution < -0.4 is 21.1 Å². The normalized spacial score (nSPS) is 21.4. The van der Waals surface area contributed by atoms with Gasteiger partial charge in [-0.15, -0.1) is 24.0 Å². The third kappa shape index (κ3) is 7.52. The van der Waals surface area contributed by atoms with Gasteiger partial charge in [0.2, 0.25) is 5.91 Å². The first-order valence-corrected chi connectivity index (χ1v) is 11.1. The Labute approximate surface area is 203 Å². The average Bonchev–Trinajstić information content (AvgIpc) is 2.72. The zero-order valence-electron chi connectivity index (χ0n) is 19.0. The number of halogens is 1. The van der Waals surface area contributed by atoms with Crippen LogP contribution in [0.15, 0.2) is 29.3 Å². The third-order valence-electron chi connectivity index (χ3n) is 6.09. The third-order valence-corrected chi connectivity index (χ3v) is 6.09. The summed E-state index contributed by atoms with van der Waals surface area (Å²) in [6, 6.07) is 8.39. The molecule has 0 spiro atoms. The van der Waals surface area contributed by atoms with Gasteiger partial charge in [0.05, 0.1) is 6.04 Å². The predicted octanol–water partition coefficient (Wildman–Crippen LogP) is 3.05. The highest BCUT2D eigenvalue weighted by molar-refractivity contribution is 14.0. The Balaban J connectivity index is 0.00000341.